The van der Waals surface area contributed by atoms with Crippen molar-refractivity contribution in [2.45, 2.75) is 32.1 Å². The predicted octanol–water partition coefficient (Wildman–Crippen LogP) is 2.97. The lowest BCUT2D eigenvalue weighted by Crippen LogP contribution is -2.31. The fourth-order valence-corrected chi connectivity index (χ4v) is 4.28. The molecule has 0 saturated carbocycles. The Hall–Kier alpha value is -2.16. The second-order valence-corrected chi connectivity index (χ2v) is 8.32. The van der Waals surface area contributed by atoms with Crippen LogP contribution in [0.1, 0.15) is 30.2 Å². The molecule has 0 spiro atoms. The summed E-state index contributed by atoms with van der Waals surface area (Å²) in [7, 11) is 3.80. The molecule has 1 aliphatic rings. The first-order valence-electron chi connectivity index (χ1n) is 9.83. The Morgan fingerprint density at radius 3 is 2.69 bits per heavy atom. The zero-order valence-electron chi connectivity index (χ0n) is 17.4. The molecule has 0 fully saturated rings. The Kier molecular flexibility index (Phi) is 7.10. The summed E-state index contributed by atoms with van der Waals surface area (Å²) in [6, 6.07) is 8.13. The van der Waals surface area contributed by atoms with Crippen LogP contribution in [0.3, 0.4) is 0 Å². The Balaban J connectivity index is 1.97. The minimum atomic E-state index is -0.669. The van der Waals surface area contributed by atoms with Crippen LogP contribution in [0, 0.1) is 12.8 Å². The van der Waals surface area contributed by atoms with E-state index in [1.165, 1.54) is 5.56 Å². The number of aliphatic hydroxyl groups is 2. The van der Waals surface area contributed by atoms with Gasteiger partial charge in [-0.1, -0.05) is 25.1 Å². The molecule has 3 rings (SSSR count). The lowest BCUT2D eigenvalue weighted by atomic mass is 10.0. The number of nitrogens with one attached hydrogen (secondary N) is 1. The molecular weight excluding hydrogens is 386 g/mol. The molecule has 7 nitrogen and oxygen atoms in total. The molecule has 0 bridgehead atoms. The van der Waals surface area contributed by atoms with Crippen LogP contribution in [0.15, 0.2) is 29.3 Å². The number of aliphatic imine (C=N–C) groups is 1. The number of rotatable bonds is 8. The van der Waals surface area contributed by atoms with Gasteiger partial charge in [0.15, 0.2) is 0 Å². The lowest BCUT2D eigenvalue weighted by Gasteiger charge is -2.23. The van der Waals surface area contributed by atoms with E-state index in [9.17, 15) is 10.2 Å². The molecule has 2 aromatic rings. The number of aryl methyl sites for hydroxylation is 1. The molecule has 0 saturated heterocycles. The van der Waals surface area contributed by atoms with Crippen LogP contribution in [-0.4, -0.2) is 58.6 Å². The maximum Gasteiger partial charge on any atom is 0.227 e. The molecule has 1 aromatic carbocycles. The summed E-state index contributed by atoms with van der Waals surface area (Å²) in [5.74, 6) is 1.92. The van der Waals surface area contributed by atoms with Gasteiger partial charge in [-0.25, -0.2) is 9.98 Å². The zero-order chi connectivity index (χ0) is 21.0. The second kappa shape index (κ2) is 9.56. The number of hydrogen-bond acceptors (Lipinski definition) is 8. The summed E-state index contributed by atoms with van der Waals surface area (Å²) >= 11 is 1.67. The summed E-state index contributed by atoms with van der Waals surface area (Å²) in [6.07, 6.45) is 0.0368. The summed E-state index contributed by atoms with van der Waals surface area (Å²) in [5.41, 5.74) is 3.87. The first kappa shape index (κ1) is 21.5. The van der Waals surface area contributed by atoms with Crippen LogP contribution in [0.4, 0.5) is 17.5 Å². The maximum absolute atomic E-state index is 10.4. The highest BCUT2D eigenvalue weighted by atomic mass is 32.2. The number of para-hydroxylation sites is 1. The third kappa shape index (κ3) is 4.88. The van der Waals surface area contributed by atoms with Crippen LogP contribution in [0.5, 0.6) is 0 Å². The summed E-state index contributed by atoms with van der Waals surface area (Å²) in [5, 5.41) is 24.1. The van der Waals surface area contributed by atoms with Crippen molar-refractivity contribution in [1.29, 1.82) is 0 Å². The molecule has 29 heavy (non-hydrogen) atoms. The monoisotopic (exact) mass is 415 g/mol. The quantitative estimate of drug-likeness (QED) is 0.610. The summed E-state index contributed by atoms with van der Waals surface area (Å²) < 4.78 is 0. The highest BCUT2D eigenvalue weighted by Gasteiger charge is 2.23. The molecule has 0 amide bonds. The van der Waals surface area contributed by atoms with E-state index in [4.69, 9.17) is 4.99 Å². The van der Waals surface area contributed by atoms with E-state index in [1.54, 1.807) is 11.8 Å². The number of hydrogen-bond donors (Lipinski definition) is 3. The summed E-state index contributed by atoms with van der Waals surface area (Å²) in [6.45, 7) is 4.17. The van der Waals surface area contributed by atoms with E-state index in [-0.39, 0.29) is 12.5 Å². The van der Waals surface area contributed by atoms with E-state index in [0.717, 1.165) is 27.7 Å². The fraction of sp³-hybridized carbons (Fsp3) is 0.476. The van der Waals surface area contributed by atoms with Gasteiger partial charge in [0.05, 0.1) is 23.0 Å². The molecular formula is C21H29N5O2S. The van der Waals surface area contributed by atoms with Crippen molar-refractivity contribution in [3.8, 4) is 0 Å². The molecule has 0 aliphatic carbocycles. The summed E-state index contributed by atoms with van der Waals surface area (Å²) in [4.78, 5) is 16.0. The van der Waals surface area contributed by atoms with E-state index in [1.807, 2.05) is 51.0 Å². The smallest absolute Gasteiger partial charge is 0.227 e. The third-order valence-corrected chi connectivity index (χ3v) is 6.08. The molecule has 1 unspecified atom stereocenters. The van der Waals surface area contributed by atoms with Crippen molar-refractivity contribution in [2.24, 2.45) is 10.9 Å². The number of fused-ring (bicyclic) bond motifs is 1. The van der Waals surface area contributed by atoms with Crippen LogP contribution < -0.4 is 10.2 Å². The van der Waals surface area contributed by atoms with Crippen LogP contribution >= 0.6 is 11.8 Å². The minimum absolute atomic E-state index is 0.0443. The van der Waals surface area contributed by atoms with Gasteiger partial charge in [0.25, 0.3) is 0 Å². The Morgan fingerprint density at radius 2 is 2.00 bits per heavy atom. The minimum Gasteiger partial charge on any atom is -0.396 e. The number of aromatic nitrogens is 2. The molecule has 1 aromatic heterocycles. The van der Waals surface area contributed by atoms with Crippen molar-refractivity contribution in [3.05, 3.63) is 41.1 Å². The maximum atomic E-state index is 10.4. The normalized spacial score (nSPS) is 15.3. The third-order valence-electron chi connectivity index (χ3n) is 5.05. The SMILES string of the molecule is CC[C@H](CO)C(O)CNc1nc(N(C)C)nc(C)c1C1=Nc2ccccc2CS1. The average molecular weight is 416 g/mol. The van der Waals surface area contributed by atoms with Crippen LogP contribution in [-0.2, 0) is 5.75 Å². The van der Waals surface area contributed by atoms with Gasteiger partial charge in [-0.3, -0.25) is 0 Å². The van der Waals surface area contributed by atoms with Gasteiger partial charge in [0, 0.05) is 38.9 Å². The van der Waals surface area contributed by atoms with Gasteiger partial charge in [0.2, 0.25) is 5.95 Å². The molecule has 0 radical (unpaired) electrons. The van der Waals surface area contributed by atoms with Gasteiger partial charge >= 0.3 is 0 Å². The van der Waals surface area contributed by atoms with E-state index in [2.05, 4.69) is 21.4 Å². The Bertz CT molecular complexity index is 883. The van der Waals surface area contributed by atoms with Crippen LogP contribution in [0.2, 0.25) is 0 Å². The van der Waals surface area contributed by atoms with E-state index < -0.39 is 6.10 Å². The Labute approximate surface area is 176 Å². The number of thioether (sulfide) groups is 1. The molecule has 2 heterocycles. The second-order valence-electron chi connectivity index (χ2n) is 7.36. The standard InChI is InChI=1S/C21H29N5O2S/c1-5-14(11-27)17(28)10-22-19-18(13(2)23-21(25-19)26(3)4)20-24-16-9-7-6-8-15(16)12-29-20/h6-9,14,17,27-28H,5,10-12H2,1-4H3,(H,22,23,25)/t14-,17?/m1/s1. The van der Waals surface area contributed by atoms with Crippen molar-refractivity contribution in [3.63, 3.8) is 0 Å². The number of benzene rings is 1. The highest BCUT2D eigenvalue weighted by molar-refractivity contribution is 8.13. The Morgan fingerprint density at radius 1 is 1.24 bits per heavy atom. The number of aliphatic hydroxyl groups excluding tert-OH is 2. The van der Waals surface area contributed by atoms with Gasteiger partial charge < -0.3 is 20.4 Å². The van der Waals surface area contributed by atoms with Gasteiger partial charge in [-0.15, -0.1) is 11.8 Å². The topological polar surface area (TPSA) is 93.9 Å². The van der Waals surface area contributed by atoms with E-state index >= 15 is 0 Å². The van der Waals surface area contributed by atoms with Crippen molar-refractivity contribution in [1.82, 2.24) is 9.97 Å². The average Bonchev–Trinajstić information content (AvgIpc) is 2.72. The van der Waals surface area contributed by atoms with Crippen molar-refractivity contribution >= 4 is 34.3 Å². The van der Waals surface area contributed by atoms with Gasteiger partial charge in [0.1, 0.15) is 10.9 Å². The van der Waals surface area contributed by atoms with Crippen molar-refractivity contribution in [2.75, 3.05) is 37.5 Å². The number of nitrogens with zero attached hydrogens (tertiary/aromatic N) is 4. The van der Waals surface area contributed by atoms with E-state index in [0.29, 0.717) is 24.7 Å². The molecule has 2 atom stereocenters. The lowest BCUT2D eigenvalue weighted by molar-refractivity contribution is 0.0742. The van der Waals surface area contributed by atoms with Gasteiger partial charge in [-0.05, 0) is 25.0 Å². The van der Waals surface area contributed by atoms with Crippen LogP contribution in [0.25, 0.3) is 0 Å². The molecule has 1 aliphatic heterocycles. The highest BCUT2D eigenvalue weighted by Crippen LogP contribution is 2.35. The predicted molar refractivity (Wildman–Crippen MR) is 120 cm³/mol. The zero-order valence-corrected chi connectivity index (χ0v) is 18.2. The molecule has 8 heteroatoms. The first-order valence-corrected chi connectivity index (χ1v) is 10.8. The molecule has 3 N–H and O–H groups in total. The number of anilines is 2. The fourth-order valence-electron chi connectivity index (χ4n) is 3.19. The largest absolute Gasteiger partial charge is 0.396 e. The first-order chi connectivity index (χ1) is 13.9. The van der Waals surface area contributed by atoms with Crippen molar-refractivity contribution < 1.29 is 10.2 Å². The molecule has 156 valence electrons. The van der Waals surface area contributed by atoms with Gasteiger partial charge in [-0.2, -0.15) is 4.98 Å².